The smallest absolute Gasteiger partial charge is 0.0194 e. The number of hydrogen-bond acceptors (Lipinski definition) is 3. The highest BCUT2D eigenvalue weighted by Crippen LogP contribution is 2.28. The van der Waals surface area contributed by atoms with Gasteiger partial charge < -0.3 is 15.1 Å². The summed E-state index contributed by atoms with van der Waals surface area (Å²) >= 11 is 0. The molecule has 94 valence electrons. The number of nitrogens with zero attached hydrogens (tertiary/aromatic N) is 2. The largest absolute Gasteiger partial charge is 0.316 e. The van der Waals surface area contributed by atoms with E-state index in [0.717, 1.165) is 17.9 Å². The third kappa shape index (κ3) is 2.58. The van der Waals surface area contributed by atoms with Gasteiger partial charge in [0.1, 0.15) is 0 Å². The maximum absolute atomic E-state index is 3.59. The second-order valence-electron chi connectivity index (χ2n) is 5.75. The summed E-state index contributed by atoms with van der Waals surface area (Å²) in [6.45, 7) is 8.61. The number of piperidine rings is 2. The predicted octanol–water partition coefficient (Wildman–Crippen LogP) is 0.868. The maximum atomic E-state index is 3.59. The van der Waals surface area contributed by atoms with Crippen molar-refractivity contribution >= 4 is 0 Å². The van der Waals surface area contributed by atoms with Gasteiger partial charge in [0.05, 0.1) is 0 Å². The minimum atomic E-state index is 0.805. The summed E-state index contributed by atoms with van der Waals surface area (Å²) in [5.74, 6) is 1.67. The standard InChI is InChI=1S/C13H27N3/c1-4-5-6-16-9-11-7-14-8-12(10-16)13(11)15(2)3/h11-14H,4-10H2,1-3H3. The lowest BCUT2D eigenvalue weighted by atomic mass is 9.79. The molecule has 2 unspecified atom stereocenters. The van der Waals surface area contributed by atoms with Gasteiger partial charge in [-0.1, -0.05) is 13.3 Å². The van der Waals surface area contributed by atoms with Crippen molar-refractivity contribution in [2.45, 2.75) is 25.8 Å². The molecule has 2 atom stereocenters. The predicted molar refractivity (Wildman–Crippen MR) is 68.7 cm³/mol. The van der Waals surface area contributed by atoms with Gasteiger partial charge in [0.2, 0.25) is 0 Å². The molecule has 0 saturated carbocycles. The molecule has 0 radical (unpaired) electrons. The second kappa shape index (κ2) is 5.48. The normalized spacial score (nSPS) is 35.6. The van der Waals surface area contributed by atoms with Gasteiger partial charge in [-0.25, -0.2) is 0 Å². The van der Waals surface area contributed by atoms with Crippen molar-refractivity contribution < 1.29 is 0 Å². The van der Waals surface area contributed by atoms with Gasteiger partial charge in [-0.3, -0.25) is 0 Å². The molecule has 2 heterocycles. The zero-order chi connectivity index (χ0) is 11.5. The Bertz CT molecular complexity index is 203. The Morgan fingerprint density at radius 2 is 1.81 bits per heavy atom. The Labute approximate surface area is 100 Å². The third-order valence-corrected chi connectivity index (χ3v) is 4.19. The number of rotatable bonds is 4. The molecular formula is C13H27N3. The van der Waals surface area contributed by atoms with Gasteiger partial charge >= 0.3 is 0 Å². The summed E-state index contributed by atoms with van der Waals surface area (Å²) in [6, 6.07) is 0.805. The van der Waals surface area contributed by atoms with Crippen molar-refractivity contribution in [3.63, 3.8) is 0 Å². The molecule has 16 heavy (non-hydrogen) atoms. The zero-order valence-electron chi connectivity index (χ0n) is 11.1. The number of fused-ring (bicyclic) bond motifs is 2. The van der Waals surface area contributed by atoms with E-state index in [1.54, 1.807) is 0 Å². The van der Waals surface area contributed by atoms with E-state index in [1.807, 2.05) is 0 Å². The van der Waals surface area contributed by atoms with Crippen LogP contribution in [0.15, 0.2) is 0 Å². The van der Waals surface area contributed by atoms with Crippen molar-refractivity contribution in [2.24, 2.45) is 11.8 Å². The summed E-state index contributed by atoms with van der Waals surface area (Å²) in [4.78, 5) is 5.15. The quantitative estimate of drug-likeness (QED) is 0.766. The lowest BCUT2D eigenvalue weighted by Crippen LogP contribution is -2.63. The molecule has 2 bridgehead atoms. The monoisotopic (exact) mass is 225 g/mol. The Morgan fingerprint density at radius 1 is 1.19 bits per heavy atom. The van der Waals surface area contributed by atoms with E-state index in [2.05, 4.69) is 36.1 Å². The van der Waals surface area contributed by atoms with Gasteiger partial charge in [0.15, 0.2) is 0 Å². The van der Waals surface area contributed by atoms with Crippen molar-refractivity contribution in [3.05, 3.63) is 0 Å². The topological polar surface area (TPSA) is 18.5 Å². The molecule has 0 aromatic rings. The first-order valence-electron chi connectivity index (χ1n) is 6.82. The van der Waals surface area contributed by atoms with Crippen molar-refractivity contribution in [1.82, 2.24) is 15.1 Å². The van der Waals surface area contributed by atoms with E-state index >= 15 is 0 Å². The number of likely N-dealkylation sites (tertiary alicyclic amines) is 1. The van der Waals surface area contributed by atoms with Crippen LogP contribution in [0.1, 0.15) is 19.8 Å². The first kappa shape index (κ1) is 12.3. The summed E-state index contributed by atoms with van der Waals surface area (Å²) in [5.41, 5.74) is 0. The van der Waals surface area contributed by atoms with E-state index in [-0.39, 0.29) is 0 Å². The minimum absolute atomic E-state index is 0.805. The summed E-state index contributed by atoms with van der Waals surface area (Å²) in [7, 11) is 4.50. The van der Waals surface area contributed by atoms with Crippen LogP contribution >= 0.6 is 0 Å². The van der Waals surface area contributed by atoms with Crippen LogP contribution in [0.3, 0.4) is 0 Å². The molecule has 3 nitrogen and oxygen atoms in total. The Hall–Kier alpha value is -0.120. The van der Waals surface area contributed by atoms with Gasteiger partial charge in [0.25, 0.3) is 0 Å². The first-order chi connectivity index (χ1) is 7.72. The number of nitrogens with one attached hydrogen (secondary N) is 1. The molecule has 2 aliphatic rings. The second-order valence-corrected chi connectivity index (χ2v) is 5.75. The van der Waals surface area contributed by atoms with Crippen LogP contribution in [0.5, 0.6) is 0 Å². The lowest BCUT2D eigenvalue weighted by molar-refractivity contribution is 0.0111. The summed E-state index contributed by atoms with van der Waals surface area (Å²) < 4.78 is 0. The average Bonchev–Trinajstić information content (AvgIpc) is 2.24. The maximum Gasteiger partial charge on any atom is 0.0194 e. The molecule has 1 N–H and O–H groups in total. The fourth-order valence-electron chi connectivity index (χ4n) is 3.57. The Balaban J connectivity index is 1.95. The summed E-state index contributed by atoms with van der Waals surface area (Å²) in [5, 5.41) is 3.59. The van der Waals surface area contributed by atoms with E-state index in [9.17, 15) is 0 Å². The van der Waals surface area contributed by atoms with Crippen LogP contribution in [0, 0.1) is 11.8 Å². The number of hydrogen-bond donors (Lipinski definition) is 1. The van der Waals surface area contributed by atoms with E-state index in [4.69, 9.17) is 0 Å². The molecular weight excluding hydrogens is 198 g/mol. The van der Waals surface area contributed by atoms with Crippen molar-refractivity contribution in [3.8, 4) is 0 Å². The SMILES string of the molecule is CCCCN1CC2CNCC(C1)C2N(C)C. The fraction of sp³-hybridized carbons (Fsp3) is 1.00. The molecule has 0 aromatic heterocycles. The highest BCUT2D eigenvalue weighted by molar-refractivity contribution is 4.96. The van der Waals surface area contributed by atoms with Crippen molar-refractivity contribution in [1.29, 1.82) is 0 Å². The van der Waals surface area contributed by atoms with Crippen LogP contribution in [0.25, 0.3) is 0 Å². The Kier molecular flexibility index (Phi) is 4.22. The van der Waals surface area contributed by atoms with Gasteiger partial charge in [-0.05, 0) is 38.9 Å². The minimum Gasteiger partial charge on any atom is -0.316 e. The average molecular weight is 225 g/mol. The Morgan fingerprint density at radius 3 is 2.31 bits per heavy atom. The van der Waals surface area contributed by atoms with Crippen molar-refractivity contribution in [2.75, 3.05) is 46.8 Å². The third-order valence-electron chi connectivity index (χ3n) is 4.19. The molecule has 3 heteroatoms. The van der Waals surface area contributed by atoms with Crippen LogP contribution in [0.4, 0.5) is 0 Å². The highest BCUT2D eigenvalue weighted by atomic mass is 15.2. The molecule has 0 aromatic carbocycles. The zero-order valence-corrected chi connectivity index (χ0v) is 11.1. The van der Waals surface area contributed by atoms with E-state index in [0.29, 0.717) is 0 Å². The molecule has 2 saturated heterocycles. The van der Waals surface area contributed by atoms with Gasteiger partial charge in [-0.15, -0.1) is 0 Å². The molecule has 2 fully saturated rings. The summed E-state index contributed by atoms with van der Waals surface area (Å²) in [6.07, 6.45) is 2.68. The lowest BCUT2D eigenvalue weighted by Gasteiger charge is -2.50. The van der Waals surface area contributed by atoms with Gasteiger partial charge in [-0.2, -0.15) is 0 Å². The van der Waals surface area contributed by atoms with Crippen LogP contribution < -0.4 is 5.32 Å². The molecule has 0 spiro atoms. The fourth-order valence-corrected chi connectivity index (χ4v) is 3.57. The molecule has 2 aliphatic heterocycles. The first-order valence-corrected chi connectivity index (χ1v) is 6.82. The molecule has 0 aliphatic carbocycles. The van der Waals surface area contributed by atoms with Crippen LogP contribution in [-0.4, -0.2) is 62.7 Å². The highest BCUT2D eigenvalue weighted by Gasteiger charge is 2.40. The van der Waals surface area contributed by atoms with E-state index < -0.39 is 0 Å². The van der Waals surface area contributed by atoms with Crippen LogP contribution in [0.2, 0.25) is 0 Å². The van der Waals surface area contributed by atoms with Crippen LogP contribution in [-0.2, 0) is 0 Å². The van der Waals surface area contributed by atoms with E-state index in [1.165, 1.54) is 45.6 Å². The van der Waals surface area contributed by atoms with Gasteiger partial charge in [0, 0.05) is 32.2 Å². The molecule has 2 rings (SSSR count). The molecule has 0 amide bonds. The number of unbranched alkanes of at least 4 members (excludes halogenated alkanes) is 1.